The average Bonchev–Trinajstić information content (AvgIpc) is 2.96. The number of rotatable bonds is 3. The molecule has 0 bridgehead atoms. The molecule has 1 aromatic rings. The second-order valence-corrected chi connectivity index (χ2v) is 7.16. The summed E-state index contributed by atoms with van der Waals surface area (Å²) < 4.78 is 0. The highest BCUT2D eigenvalue weighted by atomic mass is 35.5. The number of hydrogen-bond acceptors (Lipinski definition) is 3. The molecule has 0 amide bonds. The van der Waals surface area contributed by atoms with Crippen molar-refractivity contribution >= 4 is 17.4 Å². The molecule has 0 unspecified atom stereocenters. The van der Waals surface area contributed by atoms with Gasteiger partial charge in [0.25, 0.3) is 0 Å². The van der Waals surface area contributed by atoms with Gasteiger partial charge in [-0.3, -0.25) is 0 Å². The van der Waals surface area contributed by atoms with Crippen LogP contribution in [0.4, 0.5) is 5.82 Å². The third-order valence-corrected chi connectivity index (χ3v) is 3.61. The van der Waals surface area contributed by atoms with Crippen LogP contribution < -0.4 is 5.32 Å². The number of nitrogens with one attached hydrogen (secondary N) is 1. The Morgan fingerprint density at radius 3 is 2.28 bits per heavy atom. The van der Waals surface area contributed by atoms with Crippen LogP contribution in [-0.4, -0.2) is 15.5 Å². The first-order valence-corrected chi connectivity index (χ1v) is 6.89. The van der Waals surface area contributed by atoms with E-state index in [1.807, 2.05) is 0 Å². The molecule has 0 saturated heterocycles. The highest BCUT2D eigenvalue weighted by Gasteiger charge is 2.38. The molecule has 1 aliphatic rings. The lowest BCUT2D eigenvalue weighted by atomic mass is 9.95. The topological polar surface area (TPSA) is 37.8 Å². The molecule has 0 aliphatic heterocycles. The molecule has 18 heavy (non-hydrogen) atoms. The van der Waals surface area contributed by atoms with Gasteiger partial charge in [-0.2, -0.15) is 0 Å². The van der Waals surface area contributed by atoms with Crippen LogP contribution in [0.25, 0.3) is 0 Å². The molecular formula is C14H22ClN3. The Kier molecular flexibility index (Phi) is 3.30. The third-order valence-electron chi connectivity index (χ3n) is 3.41. The fraction of sp³-hybridized carbons (Fsp3) is 0.714. The summed E-state index contributed by atoms with van der Waals surface area (Å²) in [6.45, 7) is 10.7. The largest absolute Gasteiger partial charge is 0.365 e. The van der Waals surface area contributed by atoms with E-state index in [9.17, 15) is 0 Å². The smallest absolute Gasteiger partial charge is 0.137 e. The Bertz CT molecular complexity index is 445. The fourth-order valence-electron chi connectivity index (χ4n) is 2.05. The van der Waals surface area contributed by atoms with Gasteiger partial charge in [-0.25, -0.2) is 9.97 Å². The fourth-order valence-corrected chi connectivity index (χ4v) is 2.24. The Hall–Kier alpha value is -0.830. The lowest BCUT2D eigenvalue weighted by molar-refractivity contribution is 0.489. The van der Waals surface area contributed by atoms with Gasteiger partial charge in [0.05, 0.1) is 0 Å². The molecule has 100 valence electrons. The van der Waals surface area contributed by atoms with Gasteiger partial charge in [0, 0.05) is 17.0 Å². The van der Waals surface area contributed by atoms with Crippen molar-refractivity contribution in [3.63, 3.8) is 0 Å². The standard InChI is InChI=1S/C14H22ClN3/c1-13(2,3)12-16-10(15)8-11(17-12)18-14(4,5)9-6-7-9/h8-9H,6-7H2,1-5H3,(H,16,17,18). The van der Waals surface area contributed by atoms with Crippen LogP contribution in [0.5, 0.6) is 0 Å². The van der Waals surface area contributed by atoms with Gasteiger partial charge >= 0.3 is 0 Å². The zero-order valence-electron chi connectivity index (χ0n) is 11.8. The van der Waals surface area contributed by atoms with Gasteiger partial charge in [-0.1, -0.05) is 32.4 Å². The predicted molar refractivity (Wildman–Crippen MR) is 76.2 cm³/mol. The van der Waals surface area contributed by atoms with E-state index in [0.717, 1.165) is 17.6 Å². The molecule has 0 aromatic carbocycles. The molecule has 1 aliphatic carbocycles. The van der Waals surface area contributed by atoms with Gasteiger partial charge < -0.3 is 5.32 Å². The van der Waals surface area contributed by atoms with E-state index < -0.39 is 0 Å². The predicted octanol–water partition coefficient (Wildman–Crippen LogP) is 4.03. The number of aromatic nitrogens is 2. The minimum Gasteiger partial charge on any atom is -0.365 e. The molecule has 0 radical (unpaired) electrons. The van der Waals surface area contributed by atoms with Crippen LogP contribution in [0.1, 0.15) is 53.3 Å². The number of halogens is 1. The number of anilines is 1. The SMILES string of the molecule is CC(C)(C)c1nc(Cl)cc(NC(C)(C)C2CC2)n1. The van der Waals surface area contributed by atoms with Gasteiger partial charge in [-0.15, -0.1) is 0 Å². The molecule has 2 rings (SSSR count). The van der Waals surface area contributed by atoms with Crippen molar-refractivity contribution in [2.24, 2.45) is 5.92 Å². The first-order valence-electron chi connectivity index (χ1n) is 6.52. The van der Waals surface area contributed by atoms with Crippen molar-refractivity contribution < 1.29 is 0 Å². The van der Waals surface area contributed by atoms with E-state index in [0.29, 0.717) is 5.15 Å². The van der Waals surface area contributed by atoms with E-state index in [-0.39, 0.29) is 11.0 Å². The van der Waals surface area contributed by atoms with Crippen molar-refractivity contribution in [1.29, 1.82) is 0 Å². The van der Waals surface area contributed by atoms with Crippen molar-refractivity contribution in [1.82, 2.24) is 9.97 Å². The van der Waals surface area contributed by atoms with Crippen LogP contribution in [0.2, 0.25) is 5.15 Å². The first-order chi connectivity index (χ1) is 8.18. The molecule has 3 nitrogen and oxygen atoms in total. The van der Waals surface area contributed by atoms with E-state index in [4.69, 9.17) is 11.6 Å². The zero-order valence-corrected chi connectivity index (χ0v) is 12.6. The van der Waals surface area contributed by atoms with E-state index >= 15 is 0 Å². The van der Waals surface area contributed by atoms with Crippen molar-refractivity contribution in [3.8, 4) is 0 Å². The normalized spacial score (nSPS) is 16.8. The molecular weight excluding hydrogens is 246 g/mol. The van der Waals surface area contributed by atoms with Crippen LogP contribution >= 0.6 is 11.6 Å². The van der Waals surface area contributed by atoms with Crippen molar-refractivity contribution in [2.75, 3.05) is 5.32 Å². The zero-order chi connectivity index (χ0) is 13.6. The monoisotopic (exact) mass is 267 g/mol. The minimum absolute atomic E-state index is 0.0762. The summed E-state index contributed by atoms with van der Waals surface area (Å²) in [6.07, 6.45) is 2.59. The van der Waals surface area contributed by atoms with Crippen LogP contribution in [0.3, 0.4) is 0 Å². The van der Waals surface area contributed by atoms with Crippen molar-refractivity contribution in [2.45, 2.75) is 58.4 Å². The van der Waals surface area contributed by atoms with E-state index in [2.05, 4.69) is 49.9 Å². The quantitative estimate of drug-likeness (QED) is 0.841. The van der Waals surface area contributed by atoms with Gasteiger partial charge in [0.1, 0.15) is 16.8 Å². The minimum atomic E-state index is -0.0922. The molecule has 1 aromatic heterocycles. The van der Waals surface area contributed by atoms with Crippen molar-refractivity contribution in [3.05, 3.63) is 17.0 Å². The summed E-state index contributed by atoms with van der Waals surface area (Å²) in [7, 11) is 0. The molecule has 0 atom stereocenters. The van der Waals surface area contributed by atoms with Gasteiger partial charge in [-0.05, 0) is 32.6 Å². The summed E-state index contributed by atoms with van der Waals surface area (Å²) in [5.74, 6) is 2.35. The maximum atomic E-state index is 6.09. The first kappa shape index (κ1) is 13.6. The maximum absolute atomic E-state index is 6.09. The Morgan fingerprint density at radius 1 is 1.17 bits per heavy atom. The molecule has 4 heteroatoms. The summed E-state index contributed by atoms with van der Waals surface area (Å²) in [4.78, 5) is 8.90. The second kappa shape index (κ2) is 4.37. The number of hydrogen-bond donors (Lipinski definition) is 1. The highest BCUT2D eigenvalue weighted by molar-refractivity contribution is 6.29. The Labute approximate surface area is 114 Å². The molecule has 1 saturated carbocycles. The van der Waals surface area contributed by atoms with Crippen LogP contribution in [0.15, 0.2) is 6.07 Å². The van der Waals surface area contributed by atoms with Crippen LogP contribution in [-0.2, 0) is 5.41 Å². The van der Waals surface area contributed by atoms with E-state index in [1.54, 1.807) is 6.07 Å². The third kappa shape index (κ3) is 3.14. The maximum Gasteiger partial charge on any atom is 0.137 e. The molecule has 1 N–H and O–H groups in total. The molecule has 0 spiro atoms. The van der Waals surface area contributed by atoms with Gasteiger partial charge in [0.15, 0.2) is 0 Å². The number of nitrogens with zero attached hydrogens (tertiary/aromatic N) is 2. The highest BCUT2D eigenvalue weighted by Crippen LogP contribution is 2.41. The summed E-state index contributed by atoms with van der Waals surface area (Å²) in [6, 6.07) is 1.81. The second-order valence-electron chi connectivity index (χ2n) is 6.77. The van der Waals surface area contributed by atoms with Gasteiger partial charge in [0.2, 0.25) is 0 Å². The summed E-state index contributed by atoms with van der Waals surface area (Å²) in [5.41, 5.74) is -0.0160. The Balaban J connectivity index is 2.25. The lowest BCUT2D eigenvalue weighted by Gasteiger charge is -2.28. The lowest BCUT2D eigenvalue weighted by Crippen LogP contribution is -2.34. The molecule has 1 heterocycles. The Morgan fingerprint density at radius 2 is 1.78 bits per heavy atom. The van der Waals surface area contributed by atoms with Crippen LogP contribution in [0, 0.1) is 5.92 Å². The average molecular weight is 268 g/mol. The summed E-state index contributed by atoms with van der Waals surface area (Å²) in [5, 5.41) is 4.00. The summed E-state index contributed by atoms with van der Waals surface area (Å²) >= 11 is 6.09. The molecule has 1 fully saturated rings. The van der Waals surface area contributed by atoms with E-state index in [1.165, 1.54) is 12.8 Å².